The van der Waals surface area contributed by atoms with E-state index in [1.165, 1.54) is 30.3 Å². The summed E-state index contributed by atoms with van der Waals surface area (Å²) in [5, 5.41) is 9.58. The van der Waals surface area contributed by atoms with Crippen molar-refractivity contribution in [2.24, 2.45) is 0 Å². The highest BCUT2D eigenvalue weighted by molar-refractivity contribution is 7.92. The lowest BCUT2D eigenvalue weighted by Crippen LogP contribution is -2.13. The van der Waals surface area contributed by atoms with Crippen molar-refractivity contribution in [1.29, 1.82) is 0 Å². The van der Waals surface area contributed by atoms with E-state index in [1.54, 1.807) is 0 Å². The third kappa shape index (κ3) is 2.97. The molecule has 7 heteroatoms. The normalized spacial score (nSPS) is 11.3. The zero-order valence-electron chi connectivity index (χ0n) is 9.47. The molecule has 100 valence electrons. The maximum absolute atomic E-state index is 13.1. The highest BCUT2D eigenvalue weighted by atomic mass is 35.5. The van der Waals surface area contributed by atoms with Gasteiger partial charge < -0.3 is 5.11 Å². The van der Waals surface area contributed by atoms with Gasteiger partial charge in [-0.25, -0.2) is 12.8 Å². The molecule has 0 fully saturated rings. The average molecular weight is 302 g/mol. The van der Waals surface area contributed by atoms with Crippen LogP contribution in [0.1, 0.15) is 0 Å². The van der Waals surface area contributed by atoms with Crippen molar-refractivity contribution in [1.82, 2.24) is 0 Å². The second-order valence-corrected chi connectivity index (χ2v) is 5.76. The second-order valence-electron chi connectivity index (χ2n) is 3.70. The predicted octanol–water partition coefficient (Wildman–Crippen LogP) is 2.99. The van der Waals surface area contributed by atoms with E-state index in [0.29, 0.717) is 0 Å². The highest BCUT2D eigenvalue weighted by Gasteiger charge is 2.19. The molecule has 0 atom stereocenters. The molecule has 2 aromatic carbocycles. The molecular weight excluding hydrogens is 293 g/mol. The summed E-state index contributed by atoms with van der Waals surface area (Å²) in [6, 6.07) is 8.72. The number of aromatic hydroxyl groups is 1. The summed E-state index contributed by atoms with van der Waals surface area (Å²) in [7, 11) is -4.03. The van der Waals surface area contributed by atoms with Crippen LogP contribution < -0.4 is 4.72 Å². The Morgan fingerprint density at radius 1 is 1.16 bits per heavy atom. The van der Waals surface area contributed by atoms with Gasteiger partial charge in [-0.05, 0) is 30.3 Å². The van der Waals surface area contributed by atoms with Crippen molar-refractivity contribution in [3.63, 3.8) is 0 Å². The standard InChI is InChI=1S/C12H9ClFNO3S/c13-9-6-5-8(14)7-10(9)15-19(17,18)12-4-2-1-3-11(12)16/h1-7,15-16H. The summed E-state index contributed by atoms with van der Waals surface area (Å²) in [5.41, 5.74) is -0.0927. The number of phenols is 1. The Hall–Kier alpha value is -1.79. The number of hydrogen-bond donors (Lipinski definition) is 2. The van der Waals surface area contributed by atoms with Crippen LogP contribution in [0.25, 0.3) is 0 Å². The fourth-order valence-electron chi connectivity index (χ4n) is 1.46. The van der Waals surface area contributed by atoms with Crippen molar-refractivity contribution in [3.8, 4) is 5.75 Å². The molecule has 0 unspecified atom stereocenters. The second kappa shape index (κ2) is 5.07. The summed E-state index contributed by atoms with van der Waals surface area (Å²) in [5.74, 6) is -1.03. The maximum Gasteiger partial charge on any atom is 0.265 e. The van der Waals surface area contributed by atoms with E-state index < -0.39 is 21.6 Å². The molecule has 0 bridgehead atoms. The van der Waals surface area contributed by atoms with E-state index >= 15 is 0 Å². The van der Waals surface area contributed by atoms with Gasteiger partial charge in [0, 0.05) is 0 Å². The van der Waals surface area contributed by atoms with Crippen LogP contribution >= 0.6 is 11.6 Å². The van der Waals surface area contributed by atoms with E-state index in [1.807, 2.05) is 0 Å². The highest BCUT2D eigenvalue weighted by Crippen LogP contribution is 2.28. The van der Waals surface area contributed by atoms with Crippen LogP contribution in [0.2, 0.25) is 5.02 Å². The monoisotopic (exact) mass is 301 g/mol. The molecule has 0 heterocycles. The molecule has 2 aromatic rings. The summed E-state index contributed by atoms with van der Waals surface area (Å²) >= 11 is 5.77. The molecule has 19 heavy (non-hydrogen) atoms. The first-order chi connectivity index (χ1) is 8.90. The minimum atomic E-state index is -4.03. The van der Waals surface area contributed by atoms with Crippen LogP contribution in [-0.4, -0.2) is 13.5 Å². The Labute approximate surface area is 114 Å². The van der Waals surface area contributed by atoms with Gasteiger partial charge in [-0.3, -0.25) is 4.72 Å². The molecule has 0 aliphatic heterocycles. The number of nitrogens with one attached hydrogen (secondary N) is 1. The molecule has 0 aromatic heterocycles. The van der Waals surface area contributed by atoms with Crippen molar-refractivity contribution >= 4 is 27.3 Å². The van der Waals surface area contributed by atoms with Crippen LogP contribution in [0, 0.1) is 5.82 Å². The molecule has 0 spiro atoms. The molecule has 2 rings (SSSR count). The first-order valence-electron chi connectivity index (χ1n) is 5.16. The fraction of sp³-hybridized carbons (Fsp3) is 0. The van der Waals surface area contributed by atoms with Crippen LogP contribution in [-0.2, 0) is 10.0 Å². The van der Waals surface area contributed by atoms with Gasteiger partial charge >= 0.3 is 0 Å². The number of hydrogen-bond acceptors (Lipinski definition) is 3. The Morgan fingerprint density at radius 2 is 1.84 bits per heavy atom. The Kier molecular flexibility index (Phi) is 3.64. The quantitative estimate of drug-likeness (QED) is 0.916. The van der Waals surface area contributed by atoms with Gasteiger partial charge in [0.25, 0.3) is 10.0 Å². The molecule has 0 saturated heterocycles. The van der Waals surface area contributed by atoms with Gasteiger partial charge in [0.2, 0.25) is 0 Å². The van der Waals surface area contributed by atoms with Crippen molar-refractivity contribution in [2.45, 2.75) is 4.90 Å². The number of phenolic OH excluding ortho intramolecular Hbond substituents is 1. The number of sulfonamides is 1. The van der Waals surface area contributed by atoms with Gasteiger partial charge in [0.05, 0.1) is 10.7 Å². The number of para-hydroxylation sites is 1. The summed E-state index contributed by atoms with van der Waals surface area (Å²) in [4.78, 5) is -0.310. The van der Waals surface area contributed by atoms with Crippen LogP contribution in [0.5, 0.6) is 5.75 Å². The van der Waals surface area contributed by atoms with Crippen LogP contribution in [0.3, 0.4) is 0 Å². The lowest BCUT2D eigenvalue weighted by Gasteiger charge is -2.10. The minimum absolute atomic E-state index is 0.0559. The SMILES string of the molecule is O=S(=O)(Nc1cc(F)ccc1Cl)c1ccccc1O. The smallest absolute Gasteiger partial charge is 0.265 e. The third-order valence-corrected chi connectivity index (χ3v) is 4.07. The molecular formula is C12H9ClFNO3S. The number of rotatable bonds is 3. The van der Waals surface area contributed by atoms with Crippen molar-refractivity contribution < 1.29 is 17.9 Å². The average Bonchev–Trinajstić information content (AvgIpc) is 2.34. The van der Waals surface area contributed by atoms with Gasteiger partial charge in [-0.2, -0.15) is 0 Å². The van der Waals surface area contributed by atoms with Gasteiger partial charge in [-0.1, -0.05) is 23.7 Å². The molecule has 0 radical (unpaired) electrons. The molecule has 0 aliphatic carbocycles. The topological polar surface area (TPSA) is 66.4 Å². The molecule has 0 amide bonds. The van der Waals surface area contributed by atoms with Crippen LogP contribution in [0.15, 0.2) is 47.4 Å². The van der Waals surface area contributed by atoms with Gasteiger partial charge in [-0.15, -0.1) is 0 Å². The zero-order chi connectivity index (χ0) is 14.0. The molecule has 0 saturated carbocycles. The Bertz CT molecular complexity index is 719. The molecule has 4 nitrogen and oxygen atoms in total. The largest absolute Gasteiger partial charge is 0.507 e. The van der Waals surface area contributed by atoms with E-state index in [9.17, 15) is 17.9 Å². The molecule has 0 aliphatic rings. The van der Waals surface area contributed by atoms with E-state index in [-0.39, 0.29) is 15.6 Å². The van der Waals surface area contributed by atoms with E-state index in [4.69, 9.17) is 11.6 Å². The zero-order valence-corrected chi connectivity index (χ0v) is 11.0. The first-order valence-corrected chi connectivity index (χ1v) is 7.02. The lowest BCUT2D eigenvalue weighted by molar-refractivity contribution is 0.459. The summed E-state index contributed by atoms with van der Waals surface area (Å²) in [6.45, 7) is 0. The van der Waals surface area contributed by atoms with Crippen LogP contribution in [0.4, 0.5) is 10.1 Å². The number of anilines is 1. The van der Waals surface area contributed by atoms with Crippen molar-refractivity contribution in [3.05, 3.63) is 53.3 Å². The lowest BCUT2D eigenvalue weighted by atomic mass is 10.3. The maximum atomic E-state index is 13.1. The Balaban J connectivity index is 2.43. The minimum Gasteiger partial charge on any atom is -0.507 e. The molecule has 2 N–H and O–H groups in total. The third-order valence-electron chi connectivity index (χ3n) is 2.33. The van der Waals surface area contributed by atoms with Gasteiger partial charge in [0.15, 0.2) is 0 Å². The fourth-order valence-corrected chi connectivity index (χ4v) is 2.85. The summed E-state index contributed by atoms with van der Waals surface area (Å²) in [6.07, 6.45) is 0. The first kappa shape index (κ1) is 13.6. The van der Waals surface area contributed by atoms with E-state index in [0.717, 1.165) is 12.1 Å². The van der Waals surface area contributed by atoms with Gasteiger partial charge in [0.1, 0.15) is 16.5 Å². The Morgan fingerprint density at radius 3 is 2.53 bits per heavy atom. The number of benzene rings is 2. The predicted molar refractivity (Wildman–Crippen MR) is 70.3 cm³/mol. The summed E-state index contributed by atoms with van der Waals surface area (Å²) < 4.78 is 39.3. The number of halogens is 2. The van der Waals surface area contributed by atoms with Crippen molar-refractivity contribution in [2.75, 3.05) is 4.72 Å². The van der Waals surface area contributed by atoms with E-state index in [2.05, 4.69) is 4.72 Å².